The molecule has 0 radical (unpaired) electrons. The predicted octanol–water partition coefficient (Wildman–Crippen LogP) is 4.15. The highest BCUT2D eigenvalue weighted by Crippen LogP contribution is 2.39. The molecule has 3 aromatic rings. The SMILES string of the molecule is CCN1Sc2nc3ccc([N+](=O)[O-])cc3n2C=C1c1ccc([N+](=O)[O-])cc1. The van der Waals surface area contributed by atoms with Gasteiger partial charge in [0, 0.05) is 54.5 Å². The second kappa shape index (κ2) is 6.40. The summed E-state index contributed by atoms with van der Waals surface area (Å²) in [7, 11) is 0. The lowest BCUT2D eigenvalue weighted by Crippen LogP contribution is -2.18. The Kier molecular flexibility index (Phi) is 4.04. The van der Waals surface area contributed by atoms with Crippen LogP contribution < -0.4 is 0 Å². The molecule has 9 nitrogen and oxygen atoms in total. The smallest absolute Gasteiger partial charge is 0.271 e. The lowest BCUT2D eigenvalue weighted by atomic mass is 10.1. The van der Waals surface area contributed by atoms with E-state index in [4.69, 9.17) is 0 Å². The van der Waals surface area contributed by atoms with Gasteiger partial charge in [-0.1, -0.05) is 0 Å². The molecule has 10 heteroatoms. The zero-order valence-electron chi connectivity index (χ0n) is 14.1. The van der Waals surface area contributed by atoms with Gasteiger partial charge in [0.15, 0.2) is 5.16 Å². The van der Waals surface area contributed by atoms with E-state index in [1.807, 2.05) is 22.0 Å². The first-order valence-corrected chi connectivity index (χ1v) is 8.84. The van der Waals surface area contributed by atoms with Gasteiger partial charge in [-0.2, -0.15) is 0 Å². The summed E-state index contributed by atoms with van der Waals surface area (Å²) in [4.78, 5) is 25.6. The van der Waals surface area contributed by atoms with E-state index in [0.29, 0.717) is 22.7 Å². The molecule has 136 valence electrons. The molecule has 0 aliphatic carbocycles. The van der Waals surface area contributed by atoms with Crippen molar-refractivity contribution in [3.05, 3.63) is 68.3 Å². The van der Waals surface area contributed by atoms with E-state index in [-0.39, 0.29) is 11.4 Å². The Labute approximate surface area is 157 Å². The molecule has 0 bridgehead atoms. The average molecular weight is 383 g/mol. The zero-order chi connectivity index (χ0) is 19.1. The summed E-state index contributed by atoms with van der Waals surface area (Å²) in [5.74, 6) is 0. The molecule has 4 rings (SSSR count). The number of nitro groups is 2. The molecular weight excluding hydrogens is 370 g/mol. The third-order valence-corrected chi connectivity index (χ3v) is 5.35. The van der Waals surface area contributed by atoms with E-state index in [9.17, 15) is 20.2 Å². The number of nitrogens with zero attached hydrogens (tertiary/aromatic N) is 5. The maximum atomic E-state index is 11.1. The van der Waals surface area contributed by atoms with Crippen LogP contribution in [-0.2, 0) is 0 Å². The van der Waals surface area contributed by atoms with Gasteiger partial charge in [0.2, 0.25) is 0 Å². The van der Waals surface area contributed by atoms with Crippen LogP contribution in [0.2, 0.25) is 0 Å². The third-order valence-electron chi connectivity index (χ3n) is 4.22. The number of imidazole rings is 1. The van der Waals surface area contributed by atoms with E-state index >= 15 is 0 Å². The first kappa shape index (κ1) is 17.0. The van der Waals surface area contributed by atoms with Gasteiger partial charge in [-0.15, -0.1) is 0 Å². The van der Waals surface area contributed by atoms with Crippen molar-refractivity contribution in [2.45, 2.75) is 12.1 Å². The topological polar surface area (TPSA) is 107 Å². The summed E-state index contributed by atoms with van der Waals surface area (Å²) in [6.07, 6.45) is 1.86. The Bertz CT molecular complexity index is 1110. The van der Waals surface area contributed by atoms with Gasteiger partial charge in [-0.05, 0) is 25.1 Å². The van der Waals surface area contributed by atoms with Gasteiger partial charge >= 0.3 is 0 Å². The van der Waals surface area contributed by atoms with Crippen LogP contribution in [0.3, 0.4) is 0 Å². The molecular formula is C17H13N5O4S. The fraction of sp³-hybridized carbons (Fsp3) is 0.118. The minimum absolute atomic E-state index is 0.00147. The first-order valence-electron chi connectivity index (χ1n) is 8.06. The van der Waals surface area contributed by atoms with Crippen molar-refractivity contribution in [1.29, 1.82) is 0 Å². The number of fused-ring (bicyclic) bond motifs is 3. The van der Waals surface area contributed by atoms with Crippen LogP contribution in [0, 0.1) is 20.2 Å². The van der Waals surface area contributed by atoms with Gasteiger partial charge in [0.05, 0.1) is 26.6 Å². The van der Waals surface area contributed by atoms with Gasteiger partial charge in [0.25, 0.3) is 11.4 Å². The maximum absolute atomic E-state index is 11.1. The molecule has 0 unspecified atom stereocenters. The van der Waals surface area contributed by atoms with Crippen LogP contribution in [0.15, 0.2) is 47.6 Å². The van der Waals surface area contributed by atoms with E-state index < -0.39 is 9.85 Å². The summed E-state index contributed by atoms with van der Waals surface area (Å²) >= 11 is 1.42. The summed E-state index contributed by atoms with van der Waals surface area (Å²) in [5, 5.41) is 22.7. The van der Waals surface area contributed by atoms with Crippen molar-refractivity contribution < 1.29 is 9.85 Å². The van der Waals surface area contributed by atoms with E-state index in [0.717, 1.165) is 11.3 Å². The van der Waals surface area contributed by atoms with Crippen molar-refractivity contribution in [3.63, 3.8) is 0 Å². The normalized spacial score (nSPS) is 13.4. The Morgan fingerprint density at radius 3 is 2.33 bits per heavy atom. The van der Waals surface area contributed by atoms with Crippen molar-refractivity contribution in [2.24, 2.45) is 0 Å². The van der Waals surface area contributed by atoms with Crippen LogP contribution in [0.25, 0.3) is 22.9 Å². The predicted molar refractivity (Wildman–Crippen MR) is 102 cm³/mol. The minimum Gasteiger partial charge on any atom is -0.308 e. The molecule has 0 fully saturated rings. The van der Waals surface area contributed by atoms with E-state index in [1.165, 1.54) is 36.2 Å². The molecule has 0 atom stereocenters. The molecule has 0 N–H and O–H groups in total. The van der Waals surface area contributed by atoms with Crippen LogP contribution in [0.4, 0.5) is 11.4 Å². The molecule has 1 aliphatic heterocycles. The molecule has 0 amide bonds. The maximum Gasteiger partial charge on any atom is 0.271 e. The second-order valence-corrected chi connectivity index (χ2v) is 6.79. The molecule has 0 spiro atoms. The van der Waals surface area contributed by atoms with Crippen molar-refractivity contribution in [3.8, 4) is 0 Å². The second-order valence-electron chi connectivity index (χ2n) is 5.80. The average Bonchev–Trinajstić information content (AvgIpc) is 3.03. The van der Waals surface area contributed by atoms with Gasteiger partial charge in [-0.3, -0.25) is 24.8 Å². The molecule has 1 aromatic heterocycles. The highest BCUT2D eigenvalue weighted by Gasteiger charge is 2.24. The third kappa shape index (κ3) is 2.89. The van der Waals surface area contributed by atoms with Crippen LogP contribution in [0.5, 0.6) is 0 Å². The van der Waals surface area contributed by atoms with Crippen molar-refractivity contribution in [1.82, 2.24) is 13.9 Å². The Morgan fingerprint density at radius 2 is 1.70 bits per heavy atom. The molecule has 2 heterocycles. The summed E-state index contributed by atoms with van der Waals surface area (Å²) in [5.41, 5.74) is 2.99. The monoisotopic (exact) mass is 383 g/mol. The molecule has 0 saturated heterocycles. The fourth-order valence-electron chi connectivity index (χ4n) is 2.90. The largest absolute Gasteiger partial charge is 0.308 e. The van der Waals surface area contributed by atoms with Crippen LogP contribution in [-0.4, -0.2) is 30.2 Å². The van der Waals surface area contributed by atoms with Gasteiger partial charge < -0.3 is 4.31 Å². The fourth-order valence-corrected chi connectivity index (χ4v) is 3.86. The summed E-state index contributed by atoms with van der Waals surface area (Å²) < 4.78 is 3.84. The van der Waals surface area contributed by atoms with E-state index in [1.54, 1.807) is 18.2 Å². The highest BCUT2D eigenvalue weighted by atomic mass is 32.2. The molecule has 0 saturated carbocycles. The standard InChI is InChI=1S/C17H13N5O4S/c1-2-20-16(11-3-5-12(6-4-11)21(23)24)10-19-15-9-13(22(25)26)7-8-14(15)18-17(19)27-20/h3-10H,2H2,1H3. The zero-order valence-corrected chi connectivity index (χ0v) is 14.9. The van der Waals surface area contributed by atoms with Crippen LogP contribution in [0.1, 0.15) is 12.5 Å². The number of hydrogen-bond acceptors (Lipinski definition) is 7. The number of rotatable bonds is 4. The number of benzene rings is 2. The Balaban J connectivity index is 1.86. The Morgan fingerprint density at radius 1 is 1.04 bits per heavy atom. The highest BCUT2D eigenvalue weighted by molar-refractivity contribution is 7.97. The number of nitro benzene ring substituents is 2. The molecule has 27 heavy (non-hydrogen) atoms. The van der Waals surface area contributed by atoms with Crippen LogP contribution >= 0.6 is 11.9 Å². The number of hydrogen-bond donors (Lipinski definition) is 0. The minimum atomic E-state index is -0.439. The first-order chi connectivity index (χ1) is 13.0. The van der Waals surface area contributed by atoms with Crippen molar-refractivity contribution >= 4 is 46.3 Å². The van der Waals surface area contributed by atoms with Gasteiger partial charge in [-0.25, -0.2) is 4.98 Å². The van der Waals surface area contributed by atoms with E-state index in [2.05, 4.69) is 4.98 Å². The molecule has 2 aromatic carbocycles. The van der Waals surface area contributed by atoms with Gasteiger partial charge in [0.1, 0.15) is 0 Å². The van der Waals surface area contributed by atoms with Crippen molar-refractivity contribution in [2.75, 3.05) is 6.54 Å². The summed E-state index contributed by atoms with van der Waals surface area (Å²) in [6.45, 7) is 2.69. The molecule has 1 aliphatic rings. The summed E-state index contributed by atoms with van der Waals surface area (Å²) in [6, 6.07) is 10.9. The lowest BCUT2D eigenvalue weighted by Gasteiger charge is -2.28. The lowest BCUT2D eigenvalue weighted by molar-refractivity contribution is -0.385. The number of aromatic nitrogens is 2. The quantitative estimate of drug-likeness (QED) is 0.378. The Hall–Kier alpha value is -3.40. The number of non-ortho nitro benzene ring substituents is 2.